The van der Waals surface area contributed by atoms with E-state index in [1.165, 1.54) is 6.07 Å². The Hall–Kier alpha value is -2.84. The average molecular weight is 354 g/mol. The third-order valence-corrected chi connectivity index (χ3v) is 4.13. The number of carboxylic acids is 1. The minimum atomic E-state index is -4.70. The second kappa shape index (κ2) is 6.23. The predicted molar refractivity (Wildman–Crippen MR) is 78.5 cm³/mol. The fraction of sp³-hybridized carbons (Fsp3) is 0.312. The van der Waals surface area contributed by atoms with Gasteiger partial charge in [0.05, 0.1) is 11.8 Å². The van der Waals surface area contributed by atoms with Crippen LogP contribution in [-0.2, 0) is 4.79 Å². The maximum atomic E-state index is 13.0. The molecular weight excluding hydrogens is 341 g/mol. The monoisotopic (exact) mass is 354 g/mol. The van der Waals surface area contributed by atoms with Crippen molar-refractivity contribution in [3.8, 4) is 11.3 Å². The lowest BCUT2D eigenvalue weighted by molar-refractivity contribution is -0.187. The molecule has 1 N–H and O–H groups in total. The van der Waals surface area contributed by atoms with Crippen molar-refractivity contribution in [2.24, 2.45) is 11.8 Å². The van der Waals surface area contributed by atoms with Crippen molar-refractivity contribution in [2.75, 3.05) is 13.1 Å². The summed E-state index contributed by atoms with van der Waals surface area (Å²) >= 11 is 0. The molecule has 0 spiro atoms. The van der Waals surface area contributed by atoms with E-state index in [2.05, 4.69) is 5.16 Å². The molecule has 0 bridgehead atoms. The number of carboxylic acid groups (broad SMARTS) is 1. The molecule has 0 unspecified atom stereocenters. The van der Waals surface area contributed by atoms with Crippen LogP contribution in [0.4, 0.5) is 13.2 Å². The molecule has 2 atom stereocenters. The van der Waals surface area contributed by atoms with Crippen molar-refractivity contribution in [1.29, 1.82) is 0 Å². The number of carbonyl (C=O) groups excluding carboxylic acids is 1. The van der Waals surface area contributed by atoms with Crippen molar-refractivity contribution in [3.05, 3.63) is 42.1 Å². The Morgan fingerprint density at radius 3 is 2.44 bits per heavy atom. The van der Waals surface area contributed by atoms with Crippen LogP contribution < -0.4 is 0 Å². The first-order chi connectivity index (χ1) is 11.8. The quantitative estimate of drug-likeness (QED) is 0.916. The molecule has 9 heteroatoms. The van der Waals surface area contributed by atoms with Gasteiger partial charge in [0.1, 0.15) is 0 Å². The number of amides is 1. The third-order valence-electron chi connectivity index (χ3n) is 4.13. The second-order valence-corrected chi connectivity index (χ2v) is 5.75. The maximum Gasteiger partial charge on any atom is 0.394 e. The van der Waals surface area contributed by atoms with E-state index in [4.69, 9.17) is 9.63 Å². The van der Waals surface area contributed by atoms with Gasteiger partial charge in [-0.2, -0.15) is 13.2 Å². The van der Waals surface area contributed by atoms with E-state index < -0.39 is 43.0 Å². The zero-order valence-electron chi connectivity index (χ0n) is 12.7. The highest BCUT2D eigenvalue weighted by molar-refractivity contribution is 5.93. The summed E-state index contributed by atoms with van der Waals surface area (Å²) in [5, 5.41) is 12.6. The Morgan fingerprint density at radius 2 is 1.88 bits per heavy atom. The van der Waals surface area contributed by atoms with Crippen molar-refractivity contribution in [1.82, 2.24) is 10.1 Å². The molecule has 2 heterocycles. The van der Waals surface area contributed by atoms with E-state index in [9.17, 15) is 22.8 Å². The lowest BCUT2D eigenvalue weighted by Gasteiger charge is -2.17. The fourth-order valence-corrected chi connectivity index (χ4v) is 2.83. The first kappa shape index (κ1) is 17.0. The summed E-state index contributed by atoms with van der Waals surface area (Å²) in [6, 6.07) is 10.1. The molecule has 1 aliphatic rings. The lowest BCUT2D eigenvalue weighted by atomic mass is 9.96. The smallest absolute Gasteiger partial charge is 0.394 e. The fourth-order valence-electron chi connectivity index (χ4n) is 2.83. The number of hydrogen-bond donors (Lipinski definition) is 1. The van der Waals surface area contributed by atoms with Gasteiger partial charge in [-0.25, -0.2) is 0 Å². The van der Waals surface area contributed by atoms with E-state index in [-0.39, 0.29) is 5.69 Å². The zero-order chi connectivity index (χ0) is 18.2. The van der Waals surface area contributed by atoms with Crippen LogP contribution in [0.2, 0.25) is 0 Å². The van der Waals surface area contributed by atoms with Gasteiger partial charge in [-0.05, 0) is 0 Å². The van der Waals surface area contributed by atoms with Gasteiger partial charge in [-0.1, -0.05) is 35.5 Å². The minimum absolute atomic E-state index is 0.161. The van der Waals surface area contributed by atoms with Gasteiger partial charge in [0.2, 0.25) is 0 Å². The number of alkyl halides is 3. The molecule has 1 aromatic heterocycles. The Bertz CT molecular complexity index is 788. The van der Waals surface area contributed by atoms with Crippen LogP contribution in [0, 0.1) is 11.8 Å². The molecule has 0 saturated carbocycles. The highest BCUT2D eigenvalue weighted by Gasteiger charge is 2.53. The molecule has 0 radical (unpaired) electrons. The highest BCUT2D eigenvalue weighted by atomic mass is 19.4. The first-order valence-electron chi connectivity index (χ1n) is 7.38. The molecule has 0 aliphatic carbocycles. The summed E-state index contributed by atoms with van der Waals surface area (Å²) in [6.07, 6.45) is -4.70. The van der Waals surface area contributed by atoms with Gasteiger partial charge in [0.15, 0.2) is 11.5 Å². The van der Waals surface area contributed by atoms with Crippen LogP contribution >= 0.6 is 0 Å². The predicted octanol–water partition coefficient (Wildman–Crippen LogP) is 2.68. The second-order valence-electron chi connectivity index (χ2n) is 5.75. The van der Waals surface area contributed by atoms with Gasteiger partial charge in [0, 0.05) is 24.7 Å². The van der Waals surface area contributed by atoms with Crippen LogP contribution in [0.5, 0.6) is 0 Å². The van der Waals surface area contributed by atoms with Crippen LogP contribution in [0.3, 0.4) is 0 Å². The summed E-state index contributed by atoms with van der Waals surface area (Å²) < 4.78 is 44.1. The summed E-state index contributed by atoms with van der Waals surface area (Å²) in [5.74, 6) is -5.86. The van der Waals surface area contributed by atoms with Crippen molar-refractivity contribution in [2.45, 2.75) is 6.18 Å². The third kappa shape index (κ3) is 3.35. The number of rotatable bonds is 3. The van der Waals surface area contributed by atoms with Crippen LogP contribution in [0.25, 0.3) is 11.3 Å². The van der Waals surface area contributed by atoms with Crippen LogP contribution in [0.15, 0.2) is 40.9 Å². The van der Waals surface area contributed by atoms with Gasteiger partial charge in [-0.3, -0.25) is 9.59 Å². The molecule has 132 valence electrons. The highest BCUT2D eigenvalue weighted by Crippen LogP contribution is 2.38. The summed E-state index contributed by atoms with van der Waals surface area (Å²) in [4.78, 5) is 24.3. The van der Waals surface area contributed by atoms with Gasteiger partial charge >= 0.3 is 12.1 Å². The Kier molecular flexibility index (Phi) is 4.23. The average Bonchev–Trinajstić information content (AvgIpc) is 3.22. The molecule has 25 heavy (non-hydrogen) atoms. The molecule has 6 nitrogen and oxygen atoms in total. The number of hydrogen-bond acceptors (Lipinski definition) is 4. The Labute approximate surface area is 139 Å². The molecule has 2 aromatic rings. The van der Waals surface area contributed by atoms with Crippen molar-refractivity contribution >= 4 is 11.9 Å². The minimum Gasteiger partial charge on any atom is -0.481 e. The van der Waals surface area contributed by atoms with Crippen LogP contribution in [-0.4, -0.2) is 46.3 Å². The molecule has 1 amide bonds. The number of likely N-dealkylation sites (tertiary alicyclic amines) is 1. The molecule has 3 rings (SSSR count). The van der Waals surface area contributed by atoms with E-state index in [0.717, 1.165) is 4.90 Å². The molecule has 1 saturated heterocycles. The van der Waals surface area contributed by atoms with Crippen molar-refractivity contribution < 1.29 is 32.4 Å². The van der Waals surface area contributed by atoms with E-state index >= 15 is 0 Å². The topological polar surface area (TPSA) is 83.6 Å². The Morgan fingerprint density at radius 1 is 1.20 bits per heavy atom. The largest absolute Gasteiger partial charge is 0.481 e. The SMILES string of the molecule is O=C(O)[C@@H]1CN(C(=O)c2cc(-c3ccccc3)on2)C[C@H]1C(F)(F)F. The zero-order valence-corrected chi connectivity index (χ0v) is 12.7. The Balaban J connectivity index is 1.80. The van der Waals surface area contributed by atoms with Crippen molar-refractivity contribution in [3.63, 3.8) is 0 Å². The number of benzene rings is 1. The van der Waals surface area contributed by atoms with E-state index in [1.54, 1.807) is 30.3 Å². The normalized spacial score (nSPS) is 20.7. The lowest BCUT2D eigenvalue weighted by Crippen LogP contribution is -2.34. The maximum absolute atomic E-state index is 13.0. The first-order valence-corrected chi connectivity index (χ1v) is 7.38. The standard InChI is InChI=1S/C16H13F3N2O4/c17-16(18,19)11-8-21(7-10(11)15(23)24)14(22)12-6-13(25-20-12)9-4-2-1-3-5-9/h1-6,10-11H,7-8H2,(H,23,24)/t10-,11-/m1/s1. The van der Waals surface area contributed by atoms with E-state index in [1.807, 2.05) is 0 Å². The van der Waals surface area contributed by atoms with Gasteiger partial charge in [0.25, 0.3) is 5.91 Å². The molecule has 1 fully saturated rings. The number of nitrogens with zero attached hydrogens (tertiary/aromatic N) is 2. The molecular formula is C16H13F3N2O4. The summed E-state index contributed by atoms with van der Waals surface area (Å²) in [6.45, 7) is -1.24. The van der Waals surface area contributed by atoms with Gasteiger partial charge in [-0.15, -0.1) is 0 Å². The number of carbonyl (C=O) groups is 2. The summed E-state index contributed by atoms with van der Waals surface area (Å²) in [5.41, 5.74) is 0.498. The molecule has 1 aromatic carbocycles. The summed E-state index contributed by atoms with van der Waals surface area (Å²) in [7, 11) is 0. The number of aliphatic carboxylic acids is 1. The van der Waals surface area contributed by atoms with E-state index in [0.29, 0.717) is 11.3 Å². The number of halogens is 3. The van der Waals surface area contributed by atoms with Crippen LogP contribution in [0.1, 0.15) is 10.5 Å². The van der Waals surface area contributed by atoms with Gasteiger partial charge < -0.3 is 14.5 Å². The number of aromatic nitrogens is 1. The molecule has 1 aliphatic heterocycles.